The highest BCUT2D eigenvalue weighted by molar-refractivity contribution is 8.26. The van der Waals surface area contributed by atoms with Crippen molar-refractivity contribution < 1.29 is 14.3 Å². The Morgan fingerprint density at radius 3 is 2.62 bits per heavy atom. The summed E-state index contributed by atoms with van der Waals surface area (Å²) in [7, 11) is 0. The lowest BCUT2D eigenvalue weighted by Crippen LogP contribution is -2.27. The maximum atomic E-state index is 12.6. The molecule has 1 aliphatic heterocycles. The van der Waals surface area contributed by atoms with Crippen LogP contribution in [-0.4, -0.2) is 34.9 Å². The molecular weight excluding hydrogens is 426 g/mol. The Bertz CT molecular complexity index is 974. The van der Waals surface area contributed by atoms with Crippen LogP contribution in [0.5, 0.6) is 11.5 Å². The van der Waals surface area contributed by atoms with E-state index in [4.69, 9.17) is 33.3 Å². The first kappa shape index (κ1) is 21.4. The van der Waals surface area contributed by atoms with Crippen LogP contribution < -0.4 is 9.47 Å². The van der Waals surface area contributed by atoms with Gasteiger partial charge >= 0.3 is 0 Å². The highest BCUT2D eigenvalue weighted by Crippen LogP contribution is 2.35. The first-order valence-electron chi connectivity index (χ1n) is 8.96. The van der Waals surface area contributed by atoms with Crippen molar-refractivity contribution in [3.05, 3.63) is 76.2 Å². The molecule has 0 aromatic heterocycles. The number of carbonyl (C=O) groups excluding carboxylic acids is 1. The predicted octanol–water partition coefficient (Wildman–Crippen LogP) is 5.49. The lowest BCUT2D eigenvalue weighted by Gasteiger charge is -2.12. The quantitative estimate of drug-likeness (QED) is 0.232. The van der Waals surface area contributed by atoms with Crippen molar-refractivity contribution in [1.82, 2.24) is 4.90 Å². The monoisotopic (exact) mass is 445 g/mol. The van der Waals surface area contributed by atoms with E-state index in [2.05, 4.69) is 6.58 Å². The number of thiocarbonyl (C=S) groups is 1. The molecule has 1 saturated heterocycles. The summed E-state index contributed by atoms with van der Waals surface area (Å²) in [4.78, 5) is 14.6. The van der Waals surface area contributed by atoms with Crippen LogP contribution in [0.25, 0.3) is 6.08 Å². The van der Waals surface area contributed by atoms with Crippen molar-refractivity contribution in [3.63, 3.8) is 0 Å². The number of amides is 1. The number of ether oxygens (including phenoxy) is 2. The molecule has 1 aliphatic rings. The SMILES string of the molecule is C=CCN1C(=O)/C(=C/c2cc(Cl)ccc2OCCOc2ccccc2C)SC1=S. The van der Waals surface area contributed by atoms with Crippen LogP contribution in [0.2, 0.25) is 5.02 Å². The van der Waals surface area contributed by atoms with Crippen LogP contribution in [-0.2, 0) is 4.79 Å². The third-order valence-corrected chi connectivity index (χ3v) is 5.75. The molecule has 150 valence electrons. The van der Waals surface area contributed by atoms with Gasteiger partial charge in [-0.25, -0.2) is 0 Å². The van der Waals surface area contributed by atoms with Gasteiger partial charge in [-0.3, -0.25) is 9.69 Å². The lowest BCUT2D eigenvalue weighted by atomic mass is 10.2. The van der Waals surface area contributed by atoms with Gasteiger partial charge in [0.1, 0.15) is 29.0 Å². The molecule has 0 radical (unpaired) electrons. The van der Waals surface area contributed by atoms with Gasteiger partial charge in [0.2, 0.25) is 0 Å². The summed E-state index contributed by atoms with van der Waals surface area (Å²) in [5, 5.41) is 0.557. The fraction of sp³-hybridized carbons (Fsp3) is 0.182. The third-order valence-electron chi connectivity index (χ3n) is 4.14. The molecule has 0 atom stereocenters. The molecular formula is C22H20ClNO3S2. The van der Waals surface area contributed by atoms with E-state index in [1.165, 1.54) is 16.7 Å². The fourth-order valence-corrected chi connectivity index (χ4v) is 4.16. The predicted molar refractivity (Wildman–Crippen MR) is 124 cm³/mol. The smallest absolute Gasteiger partial charge is 0.266 e. The van der Waals surface area contributed by atoms with Crippen molar-refractivity contribution in [2.45, 2.75) is 6.92 Å². The van der Waals surface area contributed by atoms with E-state index in [9.17, 15) is 4.79 Å². The van der Waals surface area contributed by atoms with Gasteiger partial charge in [-0.05, 0) is 42.8 Å². The van der Waals surface area contributed by atoms with E-state index in [0.717, 1.165) is 11.3 Å². The summed E-state index contributed by atoms with van der Waals surface area (Å²) >= 11 is 12.7. The lowest BCUT2D eigenvalue weighted by molar-refractivity contribution is -0.121. The van der Waals surface area contributed by atoms with Gasteiger partial charge in [-0.1, -0.05) is 59.9 Å². The maximum Gasteiger partial charge on any atom is 0.266 e. The molecule has 0 spiro atoms. The first-order valence-corrected chi connectivity index (χ1v) is 10.6. The second-order valence-electron chi connectivity index (χ2n) is 6.23. The molecule has 1 fully saturated rings. The molecule has 1 heterocycles. The van der Waals surface area contributed by atoms with Crippen LogP contribution >= 0.6 is 35.6 Å². The second-order valence-corrected chi connectivity index (χ2v) is 8.34. The molecule has 1 amide bonds. The fourth-order valence-electron chi connectivity index (χ4n) is 2.71. The maximum absolute atomic E-state index is 12.6. The molecule has 0 bridgehead atoms. The Kier molecular flexibility index (Phi) is 7.36. The molecule has 7 heteroatoms. The van der Waals surface area contributed by atoms with E-state index in [-0.39, 0.29) is 5.91 Å². The number of hydrogen-bond donors (Lipinski definition) is 0. The minimum Gasteiger partial charge on any atom is -0.490 e. The van der Waals surface area contributed by atoms with E-state index >= 15 is 0 Å². The van der Waals surface area contributed by atoms with Crippen molar-refractivity contribution in [2.24, 2.45) is 0 Å². The second kappa shape index (κ2) is 9.96. The first-order chi connectivity index (χ1) is 14.0. The minimum absolute atomic E-state index is 0.145. The van der Waals surface area contributed by atoms with Crippen LogP contribution in [0.15, 0.2) is 60.0 Å². The summed E-state index contributed by atoms with van der Waals surface area (Å²) < 4.78 is 12.2. The number of carbonyl (C=O) groups is 1. The molecule has 0 saturated carbocycles. The van der Waals surface area contributed by atoms with Crippen LogP contribution in [0.4, 0.5) is 0 Å². The van der Waals surface area contributed by atoms with Gasteiger partial charge < -0.3 is 9.47 Å². The largest absolute Gasteiger partial charge is 0.490 e. The van der Waals surface area contributed by atoms with Gasteiger partial charge in [0.05, 0.1) is 4.91 Å². The van der Waals surface area contributed by atoms with E-state index in [0.29, 0.717) is 45.3 Å². The zero-order chi connectivity index (χ0) is 20.8. The van der Waals surface area contributed by atoms with Crippen LogP contribution in [0, 0.1) is 6.92 Å². The number of halogens is 1. The Hall–Kier alpha value is -2.28. The highest BCUT2D eigenvalue weighted by atomic mass is 35.5. The summed E-state index contributed by atoms with van der Waals surface area (Å²) in [6, 6.07) is 13.1. The average molecular weight is 446 g/mol. The van der Waals surface area contributed by atoms with Crippen LogP contribution in [0.3, 0.4) is 0 Å². The van der Waals surface area contributed by atoms with Crippen LogP contribution in [0.1, 0.15) is 11.1 Å². The molecule has 4 nitrogen and oxygen atoms in total. The molecule has 0 unspecified atom stereocenters. The number of rotatable bonds is 8. The summed E-state index contributed by atoms with van der Waals surface area (Å²) in [6.07, 6.45) is 3.40. The zero-order valence-electron chi connectivity index (χ0n) is 15.9. The van der Waals surface area contributed by atoms with E-state index in [1.54, 1.807) is 30.4 Å². The van der Waals surface area contributed by atoms with Crippen molar-refractivity contribution in [3.8, 4) is 11.5 Å². The average Bonchev–Trinajstić information content (AvgIpc) is 2.95. The molecule has 0 aliphatic carbocycles. The summed E-state index contributed by atoms with van der Waals surface area (Å²) in [5.74, 6) is 1.31. The number of thioether (sulfide) groups is 1. The Balaban J connectivity index is 1.70. The van der Waals surface area contributed by atoms with Gasteiger partial charge in [0.25, 0.3) is 5.91 Å². The highest BCUT2D eigenvalue weighted by Gasteiger charge is 2.31. The molecule has 2 aromatic rings. The van der Waals surface area contributed by atoms with Gasteiger partial charge in [-0.15, -0.1) is 6.58 Å². The van der Waals surface area contributed by atoms with Gasteiger partial charge in [0.15, 0.2) is 0 Å². The molecule has 3 rings (SSSR count). The normalized spacial score (nSPS) is 15.1. The van der Waals surface area contributed by atoms with E-state index in [1.807, 2.05) is 31.2 Å². The number of hydrogen-bond acceptors (Lipinski definition) is 5. The van der Waals surface area contributed by atoms with Gasteiger partial charge in [-0.2, -0.15) is 0 Å². The van der Waals surface area contributed by atoms with Crippen molar-refractivity contribution in [2.75, 3.05) is 19.8 Å². The number of para-hydroxylation sites is 1. The topological polar surface area (TPSA) is 38.8 Å². The Morgan fingerprint density at radius 2 is 1.90 bits per heavy atom. The Morgan fingerprint density at radius 1 is 1.17 bits per heavy atom. The zero-order valence-corrected chi connectivity index (χ0v) is 18.3. The number of benzene rings is 2. The molecule has 29 heavy (non-hydrogen) atoms. The third kappa shape index (κ3) is 5.41. The number of aryl methyl sites for hydroxylation is 1. The standard InChI is InChI=1S/C22H20ClNO3S2/c1-3-10-24-21(25)20(29-22(24)28)14-16-13-17(23)8-9-19(16)27-12-11-26-18-7-5-4-6-15(18)2/h3-9,13-14H,1,10-12H2,2H3/b20-14-. The Labute approximate surface area is 185 Å². The molecule has 2 aromatic carbocycles. The van der Waals surface area contributed by atoms with Gasteiger partial charge in [0, 0.05) is 17.1 Å². The number of nitrogens with zero attached hydrogens (tertiary/aromatic N) is 1. The molecule has 0 N–H and O–H groups in total. The summed E-state index contributed by atoms with van der Waals surface area (Å²) in [6.45, 7) is 6.80. The van der Waals surface area contributed by atoms with E-state index < -0.39 is 0 Å². The summed E-state index contributed by atoms with van der Waals surface area (Å²) in [5.41, 5.74) is 1.79. The van der Waals surface area contributed by atoms with Crippen molar-refractivity contribution >= 4 is 51.9 Å². The minimum atomic E-state index is -0.145. The van der Waals surface area contributed by atoms with Crippen molar-refractivity contribution in [1.29, 1.82) is 0 Å².